The molecule has 0 rings (SSSR count). The van der Waals surface area contributed by atoms with Crippen molar-refractivity contribution >= 4 is 17.9 Å². The van der Waals surface area contributed by atoms with Crippen molar-refractivity contribution in [3.8, 4) is 0 Å². The third kappa shape index (κ3) is 50.0. The lowest BCUT2D eigenvalue weighted by Crippen LogP contribution is -2.30. The number of carbonyl (C=O) groups is 3. The molecule has 0 fully saturated rings. The highest BCUT2D eigenvalue weighted by atomic mass is 16.6. The van der Waals surface area contributed by atoms with Gasteiger partial charge in [0.15, 0.2) is 6.10 Å². The van der Waals surface area contributed by atoms with Crippen LogP contribution in [0.2, 0.25) is 0 Å². The van der Waals surface area contributed by atoms with E-state index in [1.165, 1.54) is 116 Å². The van der Waals surface area contributed by atoms with Crippen LogP contribution in [0, 0.1) is 0 Å². The summed E-state index contributed by atoms with van der Waals surface area (Å²) in [5, 5.41) is 0. The van der Waals surface area contributed by atoms with Crippen LogP contribution in [0.3, 0.4) is 0 Å². The van der Waals surface area contributed by atoms with Gasteiger partial charge in [-0.1, -0.05) is 223 Å². The molecule has 0 unspecified atom stereocenters. The van der Waals surface area contributed by atoms with Crippen LogP contribution in [0.5, 0.6) is 0 Å². The molecule has 364 valence electrons. The summed E-state index contributed by atoms with van der Waals surface area (Å²) in [5.74, 6) is -0.909. The highest BCUT2D eigenvalue weighted by Crippen LogP contribution is 2.15. The lowest BCUT2D eigenvalue weighted by Gasteiger charge is -2.18. The number of hydrogen-bond acceptors (Lipinski definition) is 6. The molecular weight excluding hydrogens is 781 g/mol. The zero-order valence-electron chi connectivity index (χ0n) is 41.6. The van der Waals surface area contributed by atoms with Crippen LogP contribution < -0.4 is 0 Å². The molecule has 0 aromatic rings. The molecule has 0 aliphatic rings. The van der Waals surface area contributed by atoms with E-state index in [4.69, 9.17) is 14.2 Å². The number of rotatable bonds is 48. The summed E-state index contributed by atoms with van der Waals surface area (Å²) in [6.45, 7) is 6.51. The van der Waals surface area contributed by atoms with Crippen LogP contribution in [0.1, 0.15) is 265 Å². The van der Waals surface area contributed by atoms with Gasteiger partial charge in [0.2, 0.25) is 0 Å². The number of carbonyl (C=O) groups excluding carboxylic acids is 3. The first kappa shape index (κ1) is 60.1. The summed E-state index contributed by atoms with van der Waals surface area (Å²) < 4.78 is 16.8. The van der Waals surface area contributed by atoms with Crippen LogP contribution in [0.15, 0.2) is 60.8 Å². The van der Waals surface area contributed by atoms with Crippen molar-refractivity contribution in [2.75, 3.05) is 13.2 Å². The summed E-state index contributed by atoms with van der Waals surface area (Å²) in [6, 6.07) is 0. The molecule has 0 N–H and O–H groups in total. The predicted molar refractivity (Wildman–Crippen MR) is 270 cm³/mol. The second kappa shape index (κ2) is 51.7. The minimum absolute atomic E-state index is 0.0834. The number of allylic oxidation sites excluding steroid dienone is 10. The summed E-state index contributed by atoms with van der Waals surface area (Å²) in [5.41, 5.74) is 0. The predicted octanol–water partition coefficient (Wildman–Crippen LogP) is 17.6. The number of unbranched alkanes of at least 4 members (excludes halogenated alkanes) is 27. The summed E-state index contributed by atoms with van der Waals surface area (Å²) in [6.07, 6.45) is 63.4. The van der Waals surface area contributed by atoms with E-state index in [1.54, 1.807) is 0 Å². The lowest BCUT2D eigenvalue weighted by molar-refractivity contribution is -0.167. The third-order valence-corrected chi connectivity index (χ3v) is 11.5. The number of hydrogen-bond donors (Lipinski definition) is 0. The third-order valence-electron chi connectivity index (χ3n) is 11.5. The topological polar surface area (TPSA) is 78.9 Å². The van der Waals surface area contributed by atoms with Gasteiger partial charge in [0.1, 0.15) is 13.2 Å². The monoisotopic (exact) mass is 881 g/mol. The first-order valence-corrected chi connectivity index (χ1v) is 26.8. The fourth-order valence-corrected chi connectivity index (χ4v) is 7.49. The molecule has 0 aromatic heterocycles. The quantitative estimate of drug-likeness (QED) is 0.0262. The van der Waals surface area contributed by atoms with Gasteiger partial charge in [0, 0.05) is 19.3 Å². The molecule has 63 heavy (non-hydrogen) atoms. The van der Waals surface area contributed by atoms with Crippen molar-refractivity contribution in [3.63, 3.8) is 0 Å². The Morgan fingerprint density at radius 1 is 0.333 bits per heavy atom. The molecule has 0 bridgehead atoms. The largest absolute Gasteiger partial charge is 0.462 e. The molecule has 0 amide bonds. The van der Waals surface area contributed by atoms with Gasteiger partial charge in [0.25, 0.3) is 0 Å². The summed E-state index contributed by atoms with van der Waals surface area (Å²) in [7, 11) is 0. The highest BCUT2D eigenvalue weighted by Gasteiger charge is 2.19. The van der Waals surface area contributed by atoms with E-state index >= 15 is 0 Å². The Morgan fingerprint density at radius 3 is 0.984 bits per heavy atom. The maximum absolute atomic E-state index is 12.8. The number of ether oxygens (including phenoxy) is 3. The maximum Gasteiger partial charge on any atom is 0.306 e. The van der Waals surface area contributed by atoms with Gasteiger partial charge in [0.05, 0.1) is 0 Å². The molecule has 6 nitrogen and oxygen atoms in total. The van der Waals surface area contributed by atoms with E-state index in [1.807, 2.05) is 0 Å². The van der Waals surface area contributed by atoms with Crippen LogP contribution in [-0.2, 0) is 28.6 Å². The average Bonchev–Trinajstić information content (AvgIpc) is 3.28. The minimum Gasteiger partial charge on any atom is -0.462 e. The Balaban J connectivity index is 4.42. The van der Waals surface area contributed by atoms with E-state index in [0.29, 0.717) is 19.3 Å². The van der Waals surface area contributed by atoms with Crippen molar-refractivity contribution < 1.29 is 28.6 Å². The van der Waals surface area contributed by atoms with Crippen molar-refractivity contribution in [2.45, 2.75) is 271 Å². The van der Waals surface area contributed by atoms with Gasteiger partial charge in [-0.15, -0.1) is 0 Å². The van der Waals surface area contributed by atoms with Gasteiger partial charge >= 0.3 is 17.9 Å². The average molecular weight is 881 g/mol. The molecule has 0 spiro atoms. The molecule has 0 saturated heterocycles. The van der Waals surface area contributed by atoms with Gasteiger partial charge in [-0.25, -0.2) is 0 Å². The minimum atomic E-state index is -0.786. The molecule has 0 saturated carbocycles. The fraction of sp³-hybridized carbons (Fsp3) is 0.772. The van der Waals surface area contributed by atoms with Crippen molar-refractivity contribution in [2.24, 2.45) is 0 Å². The SMILES string of the molecule is CC/C=C\C/C=C\C/C=C\C/C=C\CCCCCCC(=O)OC[C@H](COC(=O)CCCCCCCCCCCCCCC)OC(=O)CCCCCCC/C=C\CCCCCCCC. The van der Waals surface area contributed by atoms with Gasteiger partial charge in [-0.05, 0) is 83.5 Å². The molecule has 0 heterocycles. The lowest BCUT2D eigenvalue weighted by atomic mass is 10.0. The second-order valence-corrected chi connectivity index (χ2v) is 17.8. The van der Waals surface area contributed by atoms with Gasteiger partial charge in [-0.2, -0.15) is 0 Å². The zero-order valence-corrected chi connectivity index (χ0v) is 41.6. The van der Waals surface area contributed by atoms with Crippen LogP contribution in [0.25, 0.3) is 0 Å². The Labute approximate surface area is 390 Å². The summed E-state index contributed by atoms with van der Waals surface area (Å²) in [4.78, 5) is 38.0. The van der Waals surface area contributed by atoms with E-state index in [9.17, 15) is 14.4 Å². The summed E-state index contributed by atoms with van der Waals surface area (Å²) >= 11 is 0. The van der Waals surface area contributed by atoms with Gasteiger partial charge in [-0.3, -0.25) is 14.4 Å². The first-order chi connectivity index (χ1) is 31.0. The Morgan fingerprint density at radius 2 is 0.619 bits per heavy atom. The van der Waals surface area contributed by atoms with Crippen molar-refractivity contribution in [1.29, 1.82) is 0 Å². The molecule has 6 heteroatoms. The van der Waals surface area contributed by atoms with Crippen LogP contribution in [0.4, 0.5) is 0 Å². The van der Waals surface area contributed by atoms with Crippen LogP contribution >= 0.6 is 0 Å². The zero-order chi connectivity index (χ0) is 45.8. The van der Waals surface area contributed by atoms with E-state index in [0.717, 1.165) is 109 Å². The second-order valence-electron chi connectivity index (χ2n) is 17.8. The first-order valence-electron chi connectivity index (χ1n) is 26.8. The molecule has 0 aliphatic heterocycles. The number of esters is 3. The van der Waals surface area contributed by atoms with E-state index in [2.05, 4.69) is 81.5 Å². The van der Waals surface area contributed by atoms with Crippen LogP contribution in [-0.4, -0.2) is 37.2 Å². The highest BCUT2D eigenvalue weighted by molar-refractivity contribution is 5.71. The molecule has 0 aromatic carbocycles. The van der Waals surface area contributed by atoms with E-state index in [-0.39, 0.29) is 31.1 Å². The fourth-order valence-electron chi connectivity index (χ4n) is 7.49. The molecule has 1 atom stereocenters. The smallest absolute Gasteiger partial charge is 0.306 e. The Bertz CT molecular complexity index is 1150. The maximum atomic E-state index is 12.8. The van der Waals surface area contributed by atoms with Crippen molar-refractivity contribution in [3.05, 3.63) is 60.8 Å². The van der Waals surface area contributed by atoms with Crippen molar-refractivity contribution in [1.82, 2.24) is 0 Å². The molecule has 0 aliphatic carbocycles. The standard InChI is InChI=1S/C57H100O6/c1-4-7-10-13-16-19-22-25-27-28-30-32-35-38-41-44-47-50-56(59)62-53-54(52-61-55(58)49-46-43-40-37-34-31-24-21-18-15-12-9-6-3)63-57(60)51-48-45-42-39-36-33-29-26-23-20-17-14-11-8-5-2/h7,10,16,19,25-27,29-30,32,54H,4-6,8-9,11-15,17-18,20-24,28,31,33-53H2,1-3H3/b10-7-,19-16-,27-25-,29-26-,32-30-/t54-/m0/s1. The molecular formula is C57H100O6. The Kier molecular flexibility index (Phi) is 49.4. The van der Waals surface area contributed by atoms with Gasteiger partial charge < -0.3 is 14.2 Å². The van der Waals surface area contributed by atoms with E-state index < -0.39 is 6.10 Å². The molecule has 0 radical (unpaired) electrons. The normalized spacial score (nSPS) is 12.5. The Hall–Kier alpha value is -2.89.